The van der Waals surface area contributed by atoms with Crippen molar-refractivity contribution >= 4 is 23.5 Å². The average Bonchev–Trinajstić information content (AvgIpc) is 2.61. The number of nitrogens with one attached hydrogen (secondary N) is 1. The summed E-state index contributed by atoms with van der Waals surface area (Å²) in [6.45, 7) is 4.17. The van der Waals surface area contributed by atoms with E-state index in [1.807, 2.05) is 25.1 Å². The van der Waals surface area contributed by atoms with Gasteiger partial charge in [0, 0.05) is 16.8 Å². The molecule has 2 aromatic rings. The third-order valence-electron chi connectivity index (χ3n) is 3.82. The maximum Gasteiger partial charge on any atom is 0.255 e. The quantitative estimate of drug-likeness (QED) is 0.845. The highest BCUT2D eigenvalue weighted by atomic mass is 16.5. The van der Waals surface area contributed by atoms with Crippen LogP contribution in [-0.2, 0) is 4.79 Å². The van der Waals surface area contributed by atoms with E-state index < -0.39 is 0 Å². The minimum Gasteiger partial charge on any atom is -0.494 e. The summed E-state index contributed by atoms with van der Waals surface area (Å²) in [5.74, 6) is 1.15. The summed E-state index contributed by atoms with van der Waals surface area (Å²) in [4.78, 5) is 23.9. The molecule has 1 amide bonds. The van der Waals surface area contributed by atoms with Gasteiger partial charge in [0.2, 0.25) is 0 Å². The van der Waals surface area contributed by atoms with Crippen molar-refractivity contribution < 1.29 is 19.1 Å². The Morgan fingerprint density at radius 2 is 2.04 bits per heavy atom. The van der Waals surface area contributed by atoms with E-state index in [1.165, 1.54) is 6.92 Å². The van der Waals surface area contributed by atoms with Crippen LogP contribution < -0.4 is 14.8 Å². The Balaban J connectivity index is 1.80. The molecule has 0 spiro atoms. The monoisotopic (exact) mass is 337 g/mol. The smallest absolute Gasteiger partial charge is 0.255 e. The summed E-state index contributed by atoms with van der Waals surface area (Å²) < 4.78 is 11.1. The number of Topliss-reactive ketones (excluding diaryl/α,β-unsaturated/α-hetero) is 1. The van der Waals surface area contributed by atoms with Crippen LogP contribution in [0.25, 0.3) is 6.08 Å². The molecular formula is C20H19NO4. The van der Waals surface area contributed by atoms with E-state index in [1.54, 1.807) is 30.3 Å². The fraction of sp³-hybridized carbons (Fsp3) is 0.200. The Labute approximate surface area is 146 Å². The Bertz CT molecular complexity index is 855. The molecule has 25 heavy (non-hydrogen) atoms. The molecule has 3 rings (SSSR count). The maximum atomic E-state index is 12.5. The number of amides is 1. The second-order valence-corrected chi connectivity index (χ2v) is 5.68. The van der Waals surface area contributed by atoms with Gasteiger partial charge in [0.15, 0.2) is 5.78 Å². The number of carbonyl (C=O) groups excluding carboxylic acids is 2. The summed E-state index contributed by atoms with van der Waals surface area (Å²) in [6.07, 6.45) is 1.80. The minimum atomic E-state index is -0.256. The number of carbonyl (C=O) groups is 2. The summed E-state index contributed by atoms with van der Waals surface area (Å²) >= 11 is 0. The van der Waals surface area contributed by atoms with Crippen LogP contribution in [0.1, 0.15) is 29.8 Å². The van der Waals surface area contributed by atoms with Crippen molar-refractivity contribution in [2.45, 2.75) is 13.8 Å². The molecule has 0 saturated carbocycles. The van der Waals surface area contributed by atoms with Crippen LogP contribution in [0.4, 0.5) is 5.69 Å². The maximum absolute atomic E-state index is 12.5. The molecule has 1 heterocycles. The number of ether oxygens (including phenoxy) is 2. The second kappa shape index (κ2) is 7.21. The number of anilines is 1. The molecule has 0 radical (unpaired) electrons. The summed E-state index contributed by atoms with van der Waals surface area (Å²) in [6, 6.07) is 12.4. The van der Waals surface area contributed by atoms with Gasteiger partial charge in [-0.05, 0) is 50.3 Å². The zero-order chi connectivity index (χ0) is 17.8. The fourth-order valence-corrected chi connectivity index (χ4v) is 2.57. The molecule has 1 aliphatic heterocycles. The summed E-state index contributed by atoms with van der Waals surface area (Å²) in [5.41, 5.74) is 2.44. The normalized spacial score (nSPS) is 12.5. The van der Waals surface area contributed by atoms with Crippen molar-refractivity contribution in [1.29, 1.82) is 0 Å². The van der Waals surface area contributed by atoms with Crippen molar-refractivity contribution in [3.63, 3.8) is 0 Å². The molecule has 1 N–H and O–H groups in total. The van der Waals surface area contributed by atoms with E-state index in [4.69, 9.17) is 9.47 Å². The van der Waals surface area contributed by atoms with Crippen molar-refractivity contribution in [2.75, 3.05) is 18.5 Å². The number of benzene rings is 2. The lowest BCUT2D eigenvalue weighted by Gasteiger charge is -2.18. The zero-order valence-corrected chi connectivity index (χ0v) is 14.2. The average molecular weight is 337 g/mol. The SMILES string of the molecule is CCOc1ccc2c(c1)C=C(C(=O)Nc1cccc(C(C)=O)c1)CO2. The number of fused-ring (bicyclic) bond motifs is 1. The van der Waals surface area contributed by atoms with E-state index in [9.17, 15) is 9.59 Å². The molecule has 0 atom stereocenters. The first-order valence-electron chi connectivity index (χ1n) is 8.09. The molecule has 128 valence electrons. The lowest BCUT2D eigenvalue weighted by Crippen LogP contribution is -2.21. The van der Waals surface area contributed by atoms with Gasteiger partial charge in [0.1, 0.15) is 18.1 Å². The van der Waals surface area contributed by atoms with Gasteiger partial charge in [-0.25, -0.2) is 0 Å². The van der Waals surface area contributed by atoms with Crippen LogP contribution in [0.3, 0.4) is 0 Å². The molecule has 1 aliphatic rings. The van der Waals surface area contributed by atoms with Crippen LogP contribution in [0, 0.1) is 0 Å². The van der Waals surface area contributed by atoms with E-state index in [0.29, 0.717) is 23.4 Å². The lowest BCUT2D eigenvalue weighted by molar-refractivity contribution is -0.113. The van der Waals surface area contributed by atoms with Crippen LogP contribution in [0.15, 0.2) is 48.0 Å². The lowest BCUT2D eigenvalue weighted by atomic mass is 10.1. The van der Waals surface area contributed by atoms with Gasteiger partial charge in [0.25, 0.3) is 5.91 Å². The molecule has 5 heteroatoms. The van der Waals surface area contributed by atoms with Crippen LogP contribution in [0.2, 0.25) is 0 Å². The van der Waals surface area contributed by atoms with Crippen molar-refractivity contribution in [3.05, 3.63) is 59.2 Å². The number of rotatable bonds is 5. The van der Waals surface area contributed by atoms with Gasteiger partial charge >= 0.3 is 0 Å². The highest BCUT2D eigenvalue weighted by Crippen LogP contribution is 2.30. The predicted octanol–water partition coefficient (Wildman–Crippen LogP) is 3.70. The summed E-state index contributed by atoms with van der Waals surface area (Å²) in [5, 5.41) is 2.81. The van der Waals surface area contributed by atoms with Gasteiger partial charge in [-0.3, -0.25) is 9.59 Å². The first kappa shape index (κ1) is 16.8. The molecule has 2 aromatic carbocycles. The van der Waals surface area contributed by atoms with Crippen LogP contribution >= 0.6 is 0 Å². The Kier molecular flexibility index (Phi) is 4.84. The number of hydrogen-bond acceptors (Lipinski definition) is 4. The molecule has 0 bridgehead atoms. The summed E-state index contributed by atoms with van der Waals surface area (Å²) in [7, 11) is 0. The van der Waals surface area contributed by atoms with Gasteiger partial charge in [-0.1, -0.05) is 12.1 Å². The largest absolute Gasteiger partial charge is 0.494 e. The number of ketones is 1. The number of hydrogen-bond donors (Lipinski definition) is 1. The Morgan fingerprint density at radius 1 is 1.20 bits per heavy atom. The van der Waals surface area contributed by atoms with E-state index in [-0.39, 0.29) is 18.3 Å². The van der Waals surface area contributed by atoms with Crippen molar-refractivity contribution in [2.24, 2.45) is 0 Å². The molecule has 0 fully saturated rings. The van der Waals surface area contributed by atoms with Crippen molar-refractivity contribution in [1.82, 2.24) is 0 Å². The molecule has 5 nitrogen and oxygen atoms in total. The third kappa shape index (κ3) is 3.88. The van der Waals surface area contributed by atoms with E-state index >= 15 is 0 Å². The first-order chi connectivity index (χ1) is 12.1. The molecule has 0 unspecified atom stereocenters. The Hall–Kier alpha value is -3.08. The van der Waals surface area contributed by atoms with Gasteiger partial charge in [-0.15, -0.1) is 0 Å². The van der Waals surface area contributed by atoms with Crippen LogP contribution in [0.5, 0.6) is 11.5 Å². The predicted molar refractivity (Wildman–Crippen MR) is 96.2 cm³/mol. The van der Waals surface area contributed by atoms with E-state index in [0.717, 1.165) is 17.1 Å². The molecule has 0 aliphatic carbocycles. The van der Waals surface area contributed by atoms with Crippen molar-refractivity contribution in [3.8, 4) is 11.5 Å². The van der Waals surface area contributed by atoms with Gasteiger partial charge < -0.3 is 14.8 Å². The molecular weight excluding hydrogens is 318 g/mol. The fourth-order valence-electron chi connectivity index (χ4n) is 2.57. The second-order valence-electron chi connectivity index (χ2n) is 5.68. The molecule has 0 saturated heterocycles. The van der Waals surface area contributed by atoms with Crippen LogP contribution in [-0.4, -0.2) is 24.9 Å². The molecule has 0 aromatic heterocycles. The minimum absolute atomic E-state index is 0.0475. The Morgan fingerprint density at radius 3 is 2.80 bits per heavy atom. The van der Waals surface area contributed by atoms with Gasteiger partial charge in [-0.2, -0.15) is 0 Å². The van der Waals surface area contributed by atoms with Gasteiger partial charge in [0.05, 0.1) is 12.2 Å². The topological polar surface area (TPSA) is 64.6 Å². The highest BCUT2D eigenvalue weighted by Gasteiger charge is 2.18. The third-order valence-corrected chi connectivity index (χ3v) is 3.82. The highest BCUT2D eigenvalue weighted by molar-refractivity contribution is 6.08. The standard InChI is InChI=1S/C20H19NO4/c1-3-24-18-7-8-19-15(11-18)9-16(12-25-19)20(23)21-17-6-4-5-14(10-17)13(2)22/h4-11H,3,12H2,1-2H3,(H,21,23). The zero-order valence-electron chi connectivity index (χ0n) is 14.2. The first-order valence-corrected chi connectivity index (χ1v) is 8.09. The van der Waals surface area contributed by atoms with E-state index in [2.05, 4.69) is 5.32 Å².